The summed E-state index contributed by atoms with van der Waals surface area (Å²) in [5, 5.41) is 14.8. The fourth-order valence-corrected chi connectivity index (χ4v) is 3.29. The number of carboxylic acid groups (broad SMARTS) is 1. The van der Waals surface area contributed by atoms with Gasteiger partial charge in [-0.15, -0.1) is 0 Å². The number of alkyl carbamates (subject to hydrolysis) is 1. The number of carbonyl (C=O) groups is 3. The Balaban J connectivity index is 1.68. The van der Waals surface area contributed by atoms with Crippen molar-refractivity contribution in [2.75, 3.05) is 0 Å². The largest absolute Gasteiger partial charge is 0.480 e. The normalized spacial score (nSPS) is 12.2. The molecule has 2 atom stereocenters. The zero-order valence-electron chi connectivity index (χ0n) is 18.0. The third-order valence-electron chi connectivity index (χ3n) is 5.00. The second-order valence-corrected chi connectivity index (χ2v) is 7.54. The Kier molecular flexibility index (Phi) is 8.59. The lowest BCUT2D eigenvalue weighted by Crippen LogP contribution is -2.53. The van der Waals surface area contributed by atoms with Gasteiger partial charge in [-0.2, -0.15) is 0 Å². The van der Waals surface area contributed by atoms with Crippen molar-refractivity contribution in [1.82, 2.24) is 10.6 Å². The van der Waals surface area contributed by atoms with E-state index < -0.39 is 30.1 Å². The van der Waals surface area contributed by atoms with Gasteiger partial charge in [-0.1, -0.05) is 91.0 Å². The van der Waals surface area contributed by atoms with Gasteiger partial charge in [-0.3, -0.25) is 4.79 Å². The molecule has 7 nitrogen and oxygen atoms in total. The highest BCUT2D eigenvalue weighted by atomic mass is 16.5. The Morgan fingerprint density at radius 1 is 0.667 bits per heavy atom. The van der Waals surface area contributed by atoms with Gasteiger partial charge in [0.2, 0.25) is 5.91 Å². The average molecular weight is 447 g/mol. The van der Waals surface area contributed by atoms with Crippen LogP contribution in [0.5, 0.6) is 0 Å². The van der Waals surface area contributed by atoms with Gasteiger partial charge < -0.3 is 20.5 Å². The van der Waals surface area contributed by atoms with Crippen LogP contribution in [0.25, 0.3) is 0 Å². The van der Waals surface area contributed by atoms with Gasteiger partial charge >= 0.3 is 12.1 Å². The smallest absolute Gasteiger partial charge is 0.408 e. The number of aliphatic carboxylic acids is 1. The van der Waals surface area contributed by atoms with Crippen molar-refractivity contribution < 1.29 is 24.2 Å². The first-order valence-electron chi connectivity index (χ1n) is 10.6. The minimum atomic E-state index is -1.16. The SMILES string of the molecule is O=C(N[C@@H](Cc1ccccc1)C(=O)N[C@@H](Cc1ccccc1)C(=O)O)OCc1ccccc1. The zero-order chi connectivity index (χ0) is 23.5. The van der Waals surface area contributed by atoms with Crippen LogP contribution >= 0.6 is 0 Å². The van der Waals surface area contributed by atoms with Crippen molar-refractivity contribution in [3.8, 4) is 0 Å². The second kappa shape index (κ2) is 12.0. The molecule has 3 aromatic rings. The average Bonchev–Trinajstić information content (AvgIpc) is 2.84. The van der Waals surface area contributed by atoms with Crippen LogP contribution < -0.4 is 10.6 Å². The van der Waals surface area contributed by atoms with Gasteiger partial charge in [-0.25, -0.2) is 9.59 Å². The summed E-state index contributed by atoms with van der Waals surface area (Å²) in [7, 11) is 0. The van der Waals surface area contributed by atoms with Crippen LogP contribution in [0.3, 0.4) is 0 Å². The topological polar surface area (TPSA) is 105 Å². The van der Waals surface area contributed by atoms with Crippen LogP contribution in [0, 0.1) is 0 Å². The minimum absolute atomic E-state index is 0.0537. The highest BCUT2D eigenvalue weighted by Crippen LogP contribution is 2.08. The van der Waals surface area contributed by atoms with E-state index in [2.05, 4.69) is 10.6 Å². The van der Waals surface area contributed by atoms with Crippen molar-refractivity contribution in [3.05, 3.63) is 108 Å². The van der Waals surface area contributed by atoms with E-state index >= 15 is 0 Å². The van der Waals surface area contributed by atoms with Gasteiger partial charge in [0.05, 0.1) is 0 Å². The van der Waals surface area contributed by atoms with Crippen molar-refractivity contribution in [2.24, 2.45) is 0 Å². The Morgan fingerprint density at radius 3 is 1.61 bits per heavy atom. The number of ether oxygens (including phenoxy) is 1. The van der Waals surface area contributed by atoms with Crippen molar-refractivity contribution in [1.29, 1.82) is 0 Å². The molecule has 33 heavy (non-hydrogen) atoms. The van der Waals surface area contributed by atoms with Gasteiger partial charge in [0, 0.05) is 12.8 Å². The summed E-state index contributed by atoms with van der Waals surface area (Å²) >= 11 is 0. The maximum absolute atomic E-state index is 13.0. The number of benzene rings is 3. The summed E-state index contributed by atoms with van der Waals surface area (Å²) in [6, 6.07) is 25.2. The lowest BCUT2D eigenvalue weighted by Gasteiger charge is -2.21. The molecule has 170 valence electrons. The quantitative estimate of drug-likeness (QED) is 0.443. The van der Waals surface area contributed by atoms with Gasteiger partial charge in [0.15, 0.2) is 0 Å². The molecule has 0 aromatic heterocycles. The van der Waals surface area contributed by atoms with Crippen LogP contribution in [0.15, 0.2) is 91.0 Å². The molecule has 0 saturated carbocycles. The number of carbonyl (C=O) groups excluding carboxylic acids is 2. The van der Waals surface area contributed by atoms with E-state index in [-0.39, 0.29) is 19.4 Å². The minimum Gasteiger partial charge on any atom is -0.480 e. The van der Waals surface area contributed by atoms with Gasteiger partial charge in [0.25, 0.3) is 0 Å². The van der Waals surface area contributed by atoms with E-state index in [1.807, 2.05) is 66.7 Å². The molecule has 0 aliphatic rings. The standard InChI is InChI=1S/C26H26N2O5/c29-24(27-23(25(30)31)17-20-12-6-2-7-13-20)22(16-19-10-4-1-5-11-19)28-26(32)33-18-21-14-8-3-9-15-21/h1-15,22-23H,16-18H2,(H,27,29)(H,28,32)(H,30,31)/t22-,23-/m0/s1. The zero-order valence-corrected chi connectivity index (χ0v) is 18.0. The number of nitrogens with one attached hydrogen (secondary N) is 2. The van der Waals surface area contributed by atoms with Gasteiger partial charge in [0.1, 0.15) is 18.7 Å². The van der Waals surface area contributed by atoms with Crippen LogP contribution in [0.1, 0.15) is 16.7 Å². The first-order valence-corrected chi connectivity index (χ1v) is 10.6. The van der Waals surface area contributed by atoms with Crippen molar-refractivity contribution in [3.63, 3.8) is 0 Å². The third-order valence-corrected chi connectivity index (χ3v) is 5.00. The summed E-state index contributed by atoms with van der Waals surface area (Å²) < 4.78 is 5.25. The first kappa shape index (κ1) is 23.5. The second-order valence-electron chi connectivity index (χ2n) is 7.54. The summed E-state index contributed by atoms with van der Waals surface area (Å²) in [4.78, 5) is 37.2. The summed E-state index contributed by atoms with van der Waals surface area (Å²) in [6.45, 7) is 0.0537. The molecule has 3 rings (SSSR count). The van der Waals surface area contributed by atoms with E-state index in [1.165, 1.54) is 0 Å². The van der Waals surface area contributed by atoms with Crippen LogP contribution in [0.2, 0.25) is 0 Å². The van der Waals surface area contributed by atoms with E-state index in [9.17, 15) is 19.5 Å². The molecule has 2 amide bonds. The molecule has 0 heterocycles. The predicted molar refractivity (Wildman–Crippen MR) is 123 cm³/mol. The molecule has 0 spiro atoms. The van der Waals surface area contributed by atoms with E-state index in [0.29, 0.717) is 0 Å². The molecule has 0 aliphatic carbocycles. The molecule has 7 heteroatoms. The van der Waals surface area contributed by atoms with Crippen LogP contribution in [-0.4, -0.2) is 35.2 Å². The first-order chi connectivity index (χ1) is 16.0. The number of carboxylic acids is 1. The number of hydrogen-bond donors (Lipinski definition) is 3. The highest BCUT2D eigenvalue weighted by Gasteiger charge is 2.27. The molecule has 0 saturated heterocycles. The molecule has 0 aliphatic heterocycles. The fourth-order valence-electron chi connectivity index (χ4n) is 3.29. The molecule has 0 fully saturated rings. The number of rotatable bonds is 10. The fraction of sp³-hybridized carbons (Fsp3) is 0.192. The Morgan fingerprint density at radius 2 is 1.12 bits per heavy atom. The Labute approximate surface area is 192 Å². The van der Waals surface area contributed by atoms with Crippen molar-refractivity contribution >= 4 is 18.0 Å². The molecule has 0 bridgehead atoms. The lowest BCUT2D eigenvalue weighted by atomic mass is 10.0. The summed E-state index contributed by atoms with van der Waals surface area (Å²) in [6.07, 6.45) is -0.451. The molecular weight excluding hydrogens is 420 g/mol. The highest BCUT2D eigenvalue weighted by molar-refractivity contribution is 5.89. The Bertz CT molecular complexity index is 1040. The maximum atomic E-state index is 13.0. The van der Waals surface area contributed by atoms with Crippen LogP contribution in [-0.2, 0) is 33.8 Å². The maximum Gasteiger partial charge on any atom is 0.408 e. The molecule has 3 aromatic carbocycles. The monoisotopic (exact) mass is 446 g/mol. The molecule has 0 unspecified atom stereocenters. The predicted octanol–water partition coefficient (Wildman–Crippen LogP) is 3.34. The molecule has 3 N–H and O–H groups in total. The molecule has 0 radical (unpaired) electrons. The number of amides is 2. The van der Waals surface area contributed by atoms with Gasteiger partial charge in [-0.05, 0) is 16.7 Å². The van der Waals surface area contributed by atoms with Crippen molar-refractivity contribution in [2.45, 2.75) is 31.5 Å². The van der Waals surface area contributed by atoms with E-state index in [4.69, 9.17) is 4.74 Å². The lowest BCUT2D eigenvalue weighted by molar-refractivity contribution is -0.142. The van der Waals surface area contributed by atoms with E-state index in [0.717, 1.165) is 16.7 Å². The Hall–Kier alpha value is -4.13. The van der Waals surface area contributed by atoms with E-state index in [1.54, 1.807) is 24.3 Å². The summed E-state index contributed by atoms with van der Waals surface area (Å²) in [5.41, 5.74) is 2.40. The summed E-state index contributed by atoms with van der Waals surface area (Å²) in [5.74, 6) is -1.75. The molecular formula is C26H26N2O5. The van der Waals surface area contributed by atoms with Crippen LogP contribution in [0.4, 0.5) is 4.79 Å². The number of hydrogen-bond acceptors (Lipinski definition) is 4. The third kappa shape index (κ3) is 7.81.